The van der Waals surface area contributed by atoms with Gasteiger partial charge in [0.1, 0.15) is 12.4 Å². The van der Waals surface area contributed by atoms with Gasteiger partial charge in [-0.15, -0.1) is 0 Å². The van der Waals surface area contributed by atoms with E-state index in [4.69, 9.17) is 16.3 Å². The van der Waals surface area contributed by atoms with E-state index in [1.807, 2.05) is 54.6 Å². The Morgan fingerprint density at radius 1 is 1.00 bits per heavy atom. The Hall–Kier alpha value is -1.38. The first-order valence-corrected chi connectivity index (χ1v) is 11.2. The van der Waals surface area contributed by atoms with Crippen molar-refractivity contribution in [1.29, 1.82) is 0 Å². The molecule has 0 saturated heterocycles. The van der Waals surface area contributed by atoms with Crippen LogP contribution in [0.25, 0.3) is 6.08 Å². The first-order chi connectivity index (χ1) is 13.5. The Bertz CT molecular complexity index is 1070. The third kappa shape index (κ3) is 4.28. The van der Waals surface area contributed by atoms with Crippen LogP contribution in [-0.2, 0) is 13.0 Å². The summed E-state index contributed by atoms with van der Waals surface area (Å²) in [6.45, 7) is 0.484. The van der Waals surface area contributed by atoms with Gasteiger partial charge in [-0.05, 0) is 92.2 Å². The molecule has 0 heterocycles. The highest BCUT2D eigenvalue weighted by atomic mass is 127. The topological polar surface area (TPSA) is 26.3 Å². The van der Waals surface area contributed by atoms with Crippen LogP contribution in [0.2, 0.25) is 5.02 Å². The maximum atomic E-state index is 12.6. The molecular weight excluding hydrogens is 598 g/mol. The maximum Gasteiger partial charge on any atom is 0.189 e. The van der Waals surface area contributed by atoms with Gasteiger partial charge in [0.05, 0.1) is 7.14 Å². The average Bonchev–Trinajstić information content (AvgIpc) is 2.98. The van der Waals surface area contributed by atoms with Gasteiger partial charge in [-0.2, -0.15) is 0 Å². The molecule has 0 saturated carbocycles. The van der Waals surface area contributed by atoms with Gasteiger partial charge in [-0.1, -0.05) is 48.0 Å². The molecule has 0 unspecified atom stereocenters. The highest BCUT2D eigenvalue weighted by Gasteiger charge is 2.24. The standard InChI is InChI=1S/C23H15ClI2O2/c24-18-7-5-14(6-8-18)13-28-23-20(25)10-15(11-21(23)26)9-17-12-16-3-1-2-4-19(16)22(17)27/h1-11H,12-13H2/b17-9+. The Labute approximate surface area is 196 Å². The number of halogens is 3. The van der Waals surface area contributed by atoms with Crippen LogP contribution in [0.15, 0.2) is 66.2 Å². The molecule has 0 spiro atoms. The Kier molecular flexibility index (Phi) is 6.08. The summed E-state index contributed by atoms with van der Waals surface area (Å²) >= 11 is 10.5. The van der Waals surface area contributed by atoms with E-state index in [0.29, 0.717) is 18.1 Å². The monoisotopic (exact) mass is 612 g/mol. The quantitative estimate of drug-likeness (QED) is 0.236. The molecular formula is C23H15ClI2O2. The van der Waals surface area contributed by atoms with Gasteiger partial charge in [0, 0.05) is 22.6 Å². The predicted molar refractivity (Wildman–Crippen MR) is 130 cm³/mol. The Balaban J connectivity index is 1.55. The van der Waals surface area contributed by atoms with Crippen LogP contribution in [0.1, 0.15) is 27.0 Å². The van der Waals surface area contributed by atoms with Crippen LogP contribution < -0.4 is 4.74 Å². The fraction of sp³-hybridized carbons (Fsp3) is 0.0870. The molecule has 0 fully saturated rings. The van der Waals surface area contributed by atoms with Crippen molar-refractivity contribution in [3.05, 3.63) is 101 Å². The van der Waals surface area contributed by atoms with Gasteiger partial charge in [0.15, 0.2) is 5.78 Å². The normalized spacial score (nSPS) is 14.4. The Morgan fingerprint density at radius 3 is 2.36 bits per heavy atom. The van der Waals surface area contributed by atoms with Gasteiger partial charge in [-0.3, -0.25) is 4.79 Å². The number of allylic oxidation sites excluding steroid dienone is 1. The number of fused-ring (bicyclic) bond motifs is 1. The smallest absolute Gasteiger partial charge is 0.189 e. The number of carbonyl (C=O) groups excluding carboxylic acids is 1. The number of benzene rings is 3. The third-order valence-corrected chi connectivity index (χ3v) is 6.45. The van der Waals surface area contributed by atoms with E-state index in [0.717, 1.165) is 40.7 Å². The van der Waals surface area contributed by atoms with Crippen LogP contribution in [0.3, 0.4) is 0 Å². The van der Waals surface area contributed by atoms with Crippen LogP contribution in [0.4, 0.5) is 0 Å². The van der Waals surface area contributed by atoms with Crippen molar-refractivity contribution < 1.29 is 9.53 Å². The van der Waals surface area contributed by atoms with Crippen molar-refractivity contribution >= 4 is 68.6 Å². The van der Waals surface area contributed by atoms with Gasteiger partial charge < -0.3 is 4.74 Å². The molecule has 140 valence electrons. The lowest BCUT2D eigenvalue weighted by atomic mass is 10.1. The van der Waals surface area contributed by atoms with Crippen LogP contribution in [-0.4, -0.2) is 5.78 Å². The highest BCUT2D eigenvalue weighted by molar-refractivity contribution is 14.1. The minimum Gasteiger partial charge on any atom is -0.487 e. The van der Waals surface area contributed by atoms with E-state index in [1.165, 1.54) is 0 Å². The van der Waals surface area contributed by atoms with E-state index >= 15 is 0 Å². The van der Waals surface area contributed by atoms with Crippen molar-refractivity contribution in [3.63, 3.8) is 0 Å². The van der Waals surface area contributed by atoms with Crippen LogP contribution in [0, 0.1) is 7.14 Å². The van der Waals surface area contributed by atoms with Crippen LogP contribution >= 0.6 is 56.8 Å². The maximum absolute atomic E-state index is 12.6. The lowest BCUT2D eigenvalue weighted by Gasteiger charge is -2.12. The number of hydrogen-bond acceptors (Lipinski definition) is 2. The minimum absolute atomic E-state index is 0.128. The molecule has 1 aliphatic rings. The van der Waals surface area contributed by atoms with Crippen molar-refractivity contribution in [1.82, 2.24) is 0 Å². The first kappa shape index (κ1) is 19.9. The molecule has 0 aromatic heterocycles. The molecule has 3 aromatic rings. The molecule has 0 aliphatic heterocycles. The molecule has 0 bridgehead atoms. The number of Topliss-reactive ketones (excluding diaryl/α,β-unsaturated/α-hetero) is 1. The second-order valence-corrected chi connectivity index (χ2v) is 9.32. The van der Waals surface area contributed by atoms with Crippen molar-refractivity contribution in [2.75, 3.05) is 0 Å². The number of hydrogen-bond donors (Lipinski definition) is 0. The Morgan fingerprint density at radius 2 is 1.68 bits per heavy atom. The molecule has 0 amide bonds. The minimum atomic E-state index is 0.128. The summed E-state index contributed by atoms with van der Waals surface area (Å²) in [6.07, 6.45) is 2.69. The molecule has 3 aromatic carbocycles. The first-order valence-electron chi connectivity index (χ1n) is 8.71. The van der Waals surface area contributed by atoms with E-state index in [9.17, 15) is 4.79 Å². The van der Waals surface area contributed by atoms with Crippen molar-refractivity contribution in [2.24, 2.45) is 0 Å². The van der Waals surface area contributed by atoms with Gasteiger partial charge in [0.2, 0.25) is 0 Å². The summed E-state index contributed by atoms with van der Waals surface area (Å²) in [5, 5.41) is 0.717. The van der Waals surface area contributed by atoms with Gasteiger partial charge >= 0.3 is 0 Å². The molecule has 4 rings (SSSR count). The molecule has 0 radical (unpaired) electrons. The average molecular weight is 613 g/mol. The second kappa shape index (κ2) is 8.55. The zero-order valence-electron chi connectivity index (χ0n) is 14.7. The molecule has 28 heavy (non-hydrogen) atoms. The highest BCUT2D eigenvalue weighted by Crippen LogP contribution is 2.32. The van der Waals surface area contributed by atoms with E-state index < -0.39 is 0 Å². The molecule has 0 N–H and O–H groups in total. The van der Waals surface area contributed by atoms with Gasteiger partial charge in [0.25, 0.3) is 0 Å². The fourth-order valence-electron chi connectivity index (χ4n) is 3.21. The van der Waals surface area contributed by atoms with E-state index in [-0.39, 0.29) is 5.78 Å². The molecule has 1 aliphatic carbocycles. The fourth-order valence-corrected chi connectivity index (χ4v) is 5.46. The number of carbonyl (C=O) groups is 1. The SMILES string of the molecule is O=C1/C(=C/c2cc(I)c(OCc3ccc(Cl)cc3)c(I)c2)Cc2ccccc21. The third-order valence-electron chi connectivity index (χ3n) is 4.59. The summed E-state index contributed by atoms with van der Waals surface area (Å²) in [5.41, 5.74) is 4.84. The predicted octanol–water partition coefficient (Wildman–Crippen LogP) is 6.95. The lowest BCUT2D eigenvalue weighted by molar-refractivity contribution is 0.104. The summed E-state index contributed by atoms with van der Waals surface area (Å²) in [7, 11) is 0. The zero-order chi connectivity index (χ0) is 19.7. The molecule has 0 atom stereocenters. The number of ketones is 1. The van der Waals surface area contributed by atoms with E-state index in [2.05, 4.69) is 57.3 Å². The summed E-state index contributed by atoms with van der Waals surface area (Å²) < 4.78 is 8.09. The molecule has 2 nitrogen and oxygen atoms in total. The summed E-state index contributed by atoms with van der Waals surface area (Å²) in [5.74, 6) is 0.989. The largest absolute Gasteiger partial charge is 0.487 e. The lowest BCUT2D eigenvalue weighted by Crippen LogP contribution is -2.00. The number of rotatable bonds is 4. The number of ether oxygens (including phenoxy) is 1. The second-order valence-electron chi connectivity index (χ2n) is 6.56. The summed E-state index contributed by atoms with van der Waals surface area (Å²) in [4.78, 5) is 12.6. The summed E-state index contributed by atoms with van der Waals surface area (Å²) in [6, 6.07) is 19.6. The zero-order valence-corrected chi connectivity index (χ0v) is 19.8. The molecule has 5 heteroatoms. The van der Waals surface area contributed by atoms with Crippen molar-refractivity contribution in [2.45, 2.75) is 13.0 Å². The van der Waals surface area contributed by atoms with Gasteiger partial charge in [-0.25, -0.2) is 0 Å². The van der Waals surface area contributed by atoms with E-state index in [1.54, 1.807) is 0 Å². The van der Waals surface area contributed by atoms with Crippen LogP contribution in [0.5, 0.6) is 5.75 Å². The van der Waals surface area contributed by atoms with Crippen molar-refractivity contribution in [3.8, 4) is 5.75 Å².